The van der Waals surface area contributed by atoms with Gasteiger partial charge in [0.05, 0.1) is 6.61 Å². The molecule has 94 valence electrons. The molecule has 0 bridgehead atoms. The van der Waals surface area contributed by atoms with Gasteiger partial charge in [-0.05, 0) is 35.4 Å². The molecule has 0 fully saturated rings. The quantitative estimate of drug-likeness (QED) is 0.793. The Morgan fingerprint density at radius 1 is 0.944 bits per heavy atom. The largest absolute Gasteiger partial charge is 0.508 e. The van der Waals surface area contributed by atoms with Crippen molar-refractivity contribution in [3.8, 4) is 5.75 Å². The summed E-state index contributed by atoms with van der Waals surface area (Å²) in [7, 11) is 1.69. The van der Waals surface area contributed by atoms with Gasteiger partial charge in [-0.1, -0.05) is 24.3 Å². The minimum atomic E-state index is 0.282. The lowest BCUT2D eigenvalue weighted by Gasteiger charge is -2.07. The molecule has 0 aromatic heterocycles. The molecular formula is C15H17NO2. The fourth-order valence-electron chi connectivity index (χ4n) is 1.70. The first-order chi connectivity index (χ1) is 8.78. The van der Waals surface area contributed by atoms with Gasteiger partial charge in [0, 0.05) is 19.3 Å². The molecule has 3 heteroatoms. The number of ether oxygens (including phenoxy) is 1. The van der Waals surface area contributed by atoms with E-state index in [1.165, 1.54) is 11.1 Å². The van der Waals surface area contributed by atoms with Crippen molar-refractivity contribution in [2.45, 2.75) is 13.2 Å². The Morgan fingerprint density at radius 3 is 2.17 bits per heavy atom. The van der Waals surface area contributed by atoms with Crippen LogP contribution in [-0.2, 0) is 17.9 Å². The summed E-state index contributed by atoms with van der Waals surface area (Å²) < 4.78 is 5.07. The van der Waals surface area contributed by atoms with Gasteiger partial charge in [0.1, 0.15) is 5.75 Å². The molecule has 0 unspecified atom stereocenters. The van der Waals surface area contributed by atoms with E-state index in [2.05, 4.69) is 29.6 Å². The molecule has 3 nitrogen and oxygen atoms in total. The Balaban J connectivity index is 1.91. The van der Waals surface area contributed by atoms with E-state index in [9.17, 15) is 5.11 Å². The molecule has 0 amide bonds. The number of anilines is 1. The van der Waals surface area contributed by atoms with E-state index in [-0.39, 0.29) is 5.75 Å². The van der Waals surface area contributed by atoms with Gasteiger partial charge < -0.3 is 15.2 Å². The Kier molecular flexibility index (Phi) is 4.20. The number of rotatable bonds is 5. The number of methoxy groups -OCH3 is 1. The first kappa shape index (κ1) is 12.5. The van der Waals surface area contributed by atoms with E-state index in [0.717, 1.165) is 12.2 Å². The summed E-state index contributed by atoms with van der Waals surface area (Å²) >= 11 is 0. The van der Waals surface area contributed by atoms with Gasteiger partial charge in [-0.3, -0.25) is 0 Å². The molecule has 2 rings (SSSR count). The van der Waals surface area contributed by atoms with E-state index in [0.29, 0.717) is 6.61 Å². The average Bonchev–Trinajstić information content (AvgIpc) is 2.40. The maximum atomic E-state index is 9.18. The van der Waals surface area contributed by atoms with Crippen LogP contribution in [0.25, 0.3) is 0 Å². The second kappa shape index (κ2) is 6.07. The highest BCUT2D eigenvalue weighted by molar-refractivity contribution is 5.46. The van der Waals surface area contributed by atoms with Crippen molar-refractivity contribution in [3.63, 3.8) is 0 Å². The van der Waals surface area contributed by atoms with Crippen molar-refractivity contribution in [2.75, 3.05) is 12.4 Å². The molecule has 18 heavy (non-hydrogen) atoms. The smallest absolute Gasteiger partial charge is 0.115 e. The highest BCUT2D eigenvalue weighted by Gasteiger charge is 1.96. The number of phenols is 1. The number of hydrogen-bond donors (Lipinski definition) is 2. The van der Waals surface area contributed by atoms with Crippen LogP contribution in [0.1, 0.15) is 11.1 Å². The van der Waals surface area contributed by atoms with Crippen LogP contribution in [0.3, 0.4) is 0 Å². The molecule has 0 aliphatic rings. The van der Waals surface area contributed by atoms with Gasteiger partial charge in [-0.25, -0.2) is 0 Å². The van der Waals surface area contributed by atoms with Crippen LogP contribution in [0.15, 0.2) is 48.5 Å². The second-order valence-electron chi connectivity index (χ2n) is 4.15. The first-order valence-electron chi connectivity index (χ1n) is 5.87. The van der Waals surface area contributed by atoms with E-state index < -0.39 is 0 Å². The predicted molar refractivity (Wildman–Crippen MR) is 72.6 cm³/mol. The molecule has 0 saturated carbocycles. The average molecular weight is 243 g/mol. The predicted octanol–water partition coefficient (Wildman–Crippen LogP) is 3.15. The first-order valence-corrected chi connectivity index (χ1v) is 5.87. The van der Waals surface area contributed by atoms with Gasteiger partial charge in [0.15, 0.2) is 0 Å². The van der Waals surface area contributed by atoms with E-state index in [4.69, 9.17) is 4.74 Å². The lowest BCUT2D eigenvalue weighted by Crippen LogP contribution is -1.99. The summed E-state index contributed by atoms with van der Waals surface area (Å²) in [6.45, 7) is 1.41. The van der Waals surface area contributed by atoms with Crippen molar-refractivity contribution in [2.24, 2.45) is 0 Å². The maximum Gasteiger partial charge on any atom is 0.115 e. The molecule has 2 N–H and O–H groups in total. The second-order valence-corrected chi connectivity index (χ2v) is 4.15. The Hall–Kier alpha value is -2.00. The van der Waals surface area contributed by atoms with Crippen molar-refractivity contribution in [1.29, 1.82) is 0 Å². The number of hydrogen-bond acceptors (Lipinski definition) is 3. The van der Waals surface area contributed by atoms with Gasteiger partial charge in [-0.15, -0.1) is 0 Å². The Morgan fingerprint density at radius 2 is 1.56 bits per heavy atom. The molecule has 0 aliphatic heterocycles. The normalized spacial score (nSPS) is 10.3. The zero-order valence-corrected chi connectivity index (χ0v) is 10.4. The summed E-state index contributed by atoms with van der Waals surface area (Å²) in [5.74, 6) is 0.282. The molecule has 0 aliphatic carbocycles. The molecule has 0 atom stereocenters. The molecule has 0 spiro atoms. The summed E-state index contributed by atoms with van der Waals surface area (Å²) in [4.78, 5) is 0. The number of phenolic OH excluding ortho intramolecular Hbond substituents is 1. The third kappa shape index (κ3) is 3.50. The van der Waals surface area contributed by atoms with Gasteiger partial charge in [0.2, 0.25) is 0 Å². The Bertz CT molecular complexity index is 477. The molecule has 2 aromatic rings. The lowest BCUT2D eigenvalue weighted by molar-refractivity contribution is 0.185. The third-order valence-electron chi connectivity index (χ3n) is 2.70. The maximum absolute atomic E-state index is 9.18. The van der Waals surface area contributed by atoms with Crippen LogP contribution in [0.2, 0.25) is 0 Å². The number of benzene rings is 2. The highest BCUT2D eigenvalue weighted by atomic mass is 16.5. The fourth-order valence-corrected chi connectivity index (χ4v) is 1.70. The Labute approximate surface area is 107 Å². The molecule has 0 heterocycles. The van der Waals surface area contributed by atoms with Crippen LogP contribution in [0, 0.1) is 0 Å². The number of aromatic hydroxyl groups is 1. The minimum absolute atomic E-state index is 0.282. The lowest BCUT2D eigenvalue weighted by atomic mass is 10.1. The SMILES string of the molecule is COCc1ccc(CNc2ccc(O)cc2)cc1. The summed E-state index contributed by atoms with van der Waals surface area (Å²) in [5.41, 5.74) is 3.38. The number of nitrogens with one attached hydrogen (secondary N) is 1. The topological polar surface area (TPSA) is 41.5 Å². The summed E-state index contributed by atoms with van der Waals surface area (Å²) in [5, 5.41) is 12.5. The van der Waals surface area contributed by atoms with E-state index >= 15 is 0 Å². The standard InChI is InChI=1S/C15H17NO2/c1-18-11-13-4-2-12(3-5-13)10-16-14-6-8-15(17)9-7-14/h2-9,16-17H,10-11H2,1H3. The zero-order chi connectivity index (χ0) is 12.8. The van der Waals surface area contributed by atoms with Crippen LogP contribution < -0.4 is 5.32 Å². The van der Waals surface area contributed by atoms with Gasteiger partial charge >= 0.3 is 0 Å². The van der Waals surface area contributed by atoms with Crippen molar-refractivity contribution >= 4 is 5.69 Å². The van der Waals surface area contributed by atoms with Gasteiger partial charge in [-0.2, -0.15) is 0 Å². The van der Waals surface area contributed by atoms with Crippen molar-refractivity contribution < 1.29 is 9.84 Å². The van der Waals surface area contributed by atoms with E-state index in [1.54, 1.807) is 19.2 Å². The minimum Gasteiger partial charge on any atom is -0.508 e. The van der Waals surface area contributed by atoms with Crippen LogP contribution in [0.5, 0.6) is 5.75 Å². The van der Waals surface area contributed by atoms with Crippen molar-refractivity contribution in [1.82, 2.24) is 0 Å². The van der Waals surface area contributed by atoms with Crippen LogP contribution in [-0.4, -0.2) is 12.2 Å². The third-order valence-corrected chi connectivity index (χ3v) is 2.70. The molecule has 0 radical (unpaired) electrons. The van der Waals surface area contributed by atoms with Crippen LogP contribution in [0.4, 0.5) is 5.69 Å². The molecule has 0 saturated heterocycles. The highest BCUT2D eigenvalue weighted by Crippen LogP contribution is 2.15. The van der Waals surface area contributed by atoms with E-state index in [1.807, 2.05) is 12.1 Å². The fraction of sp³-hybridized carbons (Fsp3) is 0.200. The van der Waals surface area contributed by atoms with Crippen molar-refractivity contribution in [3.05, 3.63) is 59.7 Å². The summed E-state index contributed by atoms with van der Waals surface area (Å²) in [6, 6.07) is 15.4. The molecule has 2 aromatic carbocycles. The summed E-state index contributed by atoms with van der Waals surface area (Å²) in [6.07, 6.45) is 0. The molecular weight excluding hydrogens is 226 g/mol. The zero-order valence-electron chi connectivity index (χ0n) is 10.4. The van der Waals surface area contributed by atoms with Crippen LogP contribution >= 0.6 is 0 Å². The monoisotopic (exact) mass is 243 g/mol. The van der Waals surface area contributed by atoms with Gasteiger partial charge in [0.25, 0.3) is 0 Å².